The molecule has 1 aromatic carbocycles. The van der Waals surface area contributed by atoms with Crippen LogP contribution < -0.4 is 33.6 Å². The smallest absolute Gasteiger partial charge is 0.00797 e. The van der Waals surface area contributed by atoms with Gasteiger partial charge in [-0.2, -0.15) is 0 Å². The summed E-state index contributed by atoms with van der Waals surface area (Å²) in [5, 5.41) is 6.93. The molecule has 0 radical (unpaired) electrons. The molecule has 174 valence electrons. The molecule has 0 saturated heterocycles. The van der Waals surface area contributed by atoms with E-state index in [1.807, 2.05) is 0 Å². The van der Waals surface area contributed by atoms with Gasteiger partial charge in [-0.25, -0.2) is 0 Å². The summed E-state index contributed by atoms with van der Waals surface area (Å²) in [7, 11) is 0. The van der Waals surface area contributed by atoms with Crippen molar-refractivity contribution in [2.45, 2.75) is 76.3 Å². The molecule has 0 saturated carbocycles. The lowest BCUT2D eigenvalue weighted by Gasteiger charge is -2.14. The van der Waals surface area contributed by atoms with Crippen LogP contribution in [0.4, 0.5) is 0 Å². The van der Waals surface area contributed by atoms with Crippen molar-refractivity contribution < 1.29 is 0 Å². The van der Waals surface area contributed by atoms with Crippen molar-refractivity contribution in [2.24, 2.45) is 22.9 Å². The third-order valence-corrected chi connectivity index (χ3v) is 5.49. The van der Waals surface area contributed by atoms with Crippen LogP contribution in [0.2, 0.25) is 0 Å². The fourth-order valence-electron chi connectivity index (χ4n) is 3.64. The molecule has 0 heterocycles. The number of unbranched alkanes of at least 4 members (excludes halogenated alkanes) is 2. The molecule has 0 aromatic heterocycles. The van der Waals surface area contributed by atoms with Gasteiger partial charge in [0.05, 0.1) is 0 Å². The normalized spacial score (nSPS) is 13.5. The summed E-state index contributed by atoms with van der Waals surface area (Å²) in [6, 6.07) is 9.30. The van der Waals surface area contributed by atoms with E-state index in [0.717, 1.165) is 103 Å². The van der Waals surface area contributed by atoms with Gasteiger partial charge in [0.15, 0.2) is 0 Å². The van der Waals surface area contributed by atoms with Crippen LogP contribution in [0, 0.1) is 0 Å². The highest BCUT2D eigenvalue weighted by molar-refractivity contribution is 5.24. The molecular formula is C24H48N6. The summed E-state index contributed by atoms with van der Waals surface area (Å²) in [6.07, 6.45) is 10.7. The fourth-order valence-corrected chi connectivity index (χ4v) is 3.64. The van der Waals surface area contributed by atoms with Gasteiger partial charge in [-0.3, -0.25) is 0 Å². The number of nitrogens with one attached hydrogen (secondary N) is 2. The second kappa shape index (κ2) is 18.7. The third-order valence-electron chi connectivity index (χ3n) is 5.49. The Bertz CT molecular complexity index is 448. The average molecular weight is 421 g/mol. The van der Waals surface area contributed by atoms with Crippen LogP contribution in [-0.4, -0.2) is 51.4 Å². The predicted molar refractivity (Wildman–Crippen MR) is 131 cm³/mol. The average Bonchev–Trinajstić information content (AvgIpc) is 2.74. The van der Waals surface area contributed by atoms with Crippen molar-refractivity contribution in [1.82, 2.24) is 10.6 Å². The van der Waals surface area contributed by atoms with Crippen LogP contribution in [0.25, 0.3) is 0 Å². The van der Waals surface area contributed by atoms with Crippen LogP contribution in [-0.2, 0) is 12.8 Å². The largest absolute Gasteiger partial charge is 0.330 e. The maximum Gasteiger partial charge on any atom is 0.00797 e. The molecule has 0 fully saturated rings. The Balaban J connectivity index is 2.12. The van der Waals surface area contributed by atoms with E-state index in [4.69, 9.17) is 22.9 Å². The van der Waals surface area contributed by atoms with Crippen molar-refractivity contribution in [3.8, 4) is 0 Å². The third kappa shape index (κ3) is 14.9. The molecule has 0 bridgehead atoms. The number of nitrogens with two attached hydrogens (primary N) is 4. The minimum Gasteiger partial charge on any atom is -0.330 e. The quantitative estimate of drug-likeness (QED) is 0.178. The first-order chi connectivity index (χ1) is 14.7. The van der Waals surface area contributed by atoms with E-state index < -0.39 is 0 Å². The highest BCUT2D eigenvalue weighted by atomic mass is 14.8. The Labute approximate surface area is 184 Å². The van der Waals surface area contributed by atoms with E-state index in [1.54, 1.807) is 0 Å². The molecular weight excluding hydrogens is 372 g/mol. The molecule has 2 atom stereocenters. The van der Waals surface area contributed by atoms with Gasteiger partial charge in [0.25, 0.3) is 0 Å². The van der Waals surface area contributed by atoms with Gasteiger partial charge in [-0.1, -0.05) is 24.3 Å². The first-order valence-corrected chi connectivity index (χ1v) is 12.1. The Morgan fingerprint density at radius 1 is 0.567 bits per heavy atom. The summed E-state index contributed by atoms with van der Waals surface area (Å²) in [5.74, 6) is 0. The number of benzene rings is 1. The topological polar surface area (TPSA) is 128 Å². The Kier molecular flexibility index (Phi) is 16.9. The van der Waals surface area contributed by atoms with Crippen LogP contribution in [0.5, 0.6) is 0 Å². The molecule has 0 aliphatic heterocycles. The van der Waals surface area contributed by atoms with E-state index in [2.05, 4.69) is 34.9 Å². The second-order valence-electron chi connectivity index (χ2n) is 8.52. The fraction of sp³-hybridized carbons (Fsp3) is 0.750. The van der Waals surface area contributed by atoms with E-state index >= 15 is 0 Å². The molecule has 2 unspecified atom stereocenters. The summed E-state index contributed by atoms with van der Waals surface area (Å²) >= 11 is 0. The van der Waals surface area contributed by atoms with Crippen molar-refractivity contribution in [3.63, 3.8) is 0 Å². The summed E-state index contributed by atoms with van der Waals surface area (Å²) in [4.78, 5) is 0. The molecule has 0 aliphatic rings. The van der Waals surface area contributed by atoms with Gasteiger partial charge in [0, 0.05) is 12.1 Å². The molecule has 10 N–H and O–H groups in total. The van der Waals surface area contributed by atoms with Crippen LogP contribution >= 0.6 is 0 Å². The summed E-state index contributed by atoms with van der Waals surface area (Å²) < 4.78 is 0. The van der Waals surface area contributed by atoms with Crippen molar-refractivity contribution in [2.75, 3.05) is 39.3 Å². The standard InChI is InChI=1S/C24H48N6/c25-13-1-3-15-29-17-5-7-23(27)19-21-9-11-22(12-10-21)20-24(28)8-6-18-30-16-4-2-14-26/h9-12,23-24,29-30H,1-8,13-20,25-28H2. The Morgan fingerprint density at radius 3 is 1.30 bits per heavy atom. The molecule has 1 rings (SSSR count). The van der Waals surface area contributed by atoms with E-state index in [1.165, 1.54) is 11.1 Å². The van der Waals surface area contributed by atoms with E-state index in [-0.39, 0.29) is 12.1 Å². The molecule has 6 heteroatoms. The van der Waals surface area contributed by atoms with Gasteiger partial charge >= 0.3 is 0 Å². The van der Waals surface area contributed by atoms with Crippen LogP contribution in [0.3, 0.4) is 0 Å². The summed E-state index contributed by atoms with van der Waals surface area (Å²) in [5.41, 5.74) is 26.3. The zero-order valence-corrected chi connectivity index (χ0v) is 19.1. The second-order valence-corrected chi connectivity index (χ2v) is 8.52. The number of hydrogen-bond donors (Lipinski definition) is 6. The molecule has 0 aliphatic carbocycles. The van der Waals surface area contributed by atoms with E-state index in [9.17, 15) is 0 Å². The minimum atomic E-state index is 0.223. The van der Waals surface area contributed by atoms with E-state index in [0.29, 0.717) is 0 Å². The molecule has 30 heavy (non-hydrogen) atoms. The SMILES string of the molecule is NCCCCNCCCC(N)Cc1ccc(CC(N)CCCNCCCCN)cc1. The van der Waals surface area contributed by atoms with Crippen LogP contribution in [0.1, 0.15) is 62.5 Å². The Hall–Kier alpha value is -1.02. The van der Waals surface area contributed by atoms with Gasteiger partial charge in [-0.05, 0) is 115 Å². The number of rotatable bonds is 20. The minimum absolute atomic E-state index is 0.223. The number of hydrogen-bond acceptors (Lipinski definition) is 6. The zero-order valence-electron chi connectivity index (χ0n) is 19.1. The maximum atomic E-state index is 6.32. The van der Waals surface area contributed by atoms with Gasteiger partial charge in [0.1, 0.15) is 0 Å². The highest BCUT2D eigenvalue weighted by Crippen LogP contribution is 2.11. The maximum absolute atomic E-state index is 6.32. The van der Waals surface area contributed by atoms with Crippen LogP contribution in [0.15, 0.2) is 24.3 Å². The lowest BCUT2D eigenvalue weighted by atomic mass is 9.98. The van der Waals surface area contributed by atoms with Crippen molar-refractivity contribution >= 4 is 0 Å². The lowest BCUT2D eigenvalue weighted by Crippen LogP contribution is -2.26. The predicted octanol–water partition coefficient (Wildman–Crippen LogP) is 1.64. The lowest BCUT2D eigenvalue weighted by molar-refractivity contribution is 0.537. The Morgan fingerprint density at radius 2 is 0.933 bits per heavy atom. The monoisotopic (exact) mass is 420 g/mol. The molecule has 6 nitrogen and oxygen atoms in total. The van der Waals surface area contributed by atoms with Gasteiger partial charge < -0.3 is 33.6 Å². The van der Waals surface area contributed by atoms with Crippen molar-refractivity contribution in [3.05, 3.63) is 35.4 Å². The van der Waals surface area contributed by atoms with Gasteiger partial charge in [0.2, 0.25) is 0 Å². The zero-order chi connectivity index (χ0) is 21.9. The molecule has 0 amide bonds. The van der Waals surface area contributed by atoms with Crippen molar-refractivity contribution in [1.29, 1.82) is 0 Å². The van der Waals surface area contributed by atoms with Gasteiger partial charge in [-0.15, -0.1) is 0 Å². The first-order valence-electron chi connectivity index (χ1n) is 12.1. The summed E-state index contributed by atoms with van der Waals surface area (Å²) in [6.45, 7) is 5.76. The first kappa shape index (κ1) is 27.0. The molecule has 1 aromatic rings. The molecule has 0 spiro atoms. The highest BCUT2D eigenvalue weighted by Gasteiger charge is 2.07.